The normalized spacial score (nSPS) is 11.6. The van der Waals surface area contributed by atoms with E-state index in [1.165, 1.54) is 6.92 Å². The molecule has 0 bridgehead atoms. The van der Waals surface area contributed by atoms with Crippen LogP contribution in [-0.4, -0.2) is 24.0 Å². The summed E-state index contributed by atoms with van der Waals surface area (Å²) in [6, 6.07) is 0.725. The maximum Gasteiger partial charge on any atom is 0.340 e. The third-order valence-electron chi connectivity index (χ3n) is 2.13. The Labute approximate surface area is 123 Å². The van der Waals surface area contributed by atoms with E-state index >= 15 is 0 Å². The summed E-state index contributed by atoms with van der Waals surface area (Å²) in [5.41, 5.74) is 4.44. The molecule has 3 amide bonds. The Morgan fingerprint density at radius 2 is 1.90 bits per heavy atom. The van der Waals surface area contributed by atoms with Gasteiger partial charge in [0.15, 0.2) is 6.10 Å². The standard InChI is InChI=1S/C11H9Cl2FN2O4/c1-4(9(17)16-11(15)19)20-10(18)5-2-8(14)7(13)3-6(5)12/h2-4H,1H3,(H3,15,16,17,19)/t4-/m1/s1. The lowest BCUT2D eigenvalue weighted by Gasteiger charge is -2.12. The van der Waals surface area contributed by atoms with E-state index in [2.05, 4.69) is 0 Å². The van der Waals surface area contributed by atoms with Crippen LogP contribution >= 0.6 is 23.2 Å². The molecule has 0 fully saturated rings. The lowest BCUT2D eigenvalue weighted by molar-refractivity contribution is -0.127. The largest absolute Gasteiger partial charge is 0.449 e. The minimum atomic E-state index is -1.31. The van der Waals surface area contributed by atoms with Crippen LogP contribution in [0, 0.1) is 5.82 Å². The first kappa shape index (κ1) is 16.2. The predicted octanol–water partition coefficient (Wildman–Crippen LogP) is 1.87. The van der Waals surface area contributed by atoms with E-state index in [0.717, 1.165) is 12.1 Å². The molecular formula is C11H9Cl2FN2O4. The molecule has 0 aliphatic heterocycles. The van der Waals surface area contributed by atoms with Gasteiger partial charge in [0.25, 0.3) is 5.91 Å². The van der Waals surface area contributed by atoms with E-state index in [0.29, 0.717) is 0 Å². The fraction of sp³-hybridized carbons (Fsp3) is 0.182. The molecule has 1 rings (SSSR count). The first-order valence-electron chi connectivity index (χ1n) is 5.18. The van der Waals surface area contributed by atoms with Crippen molar-refractivity contribution >= 4 is 41.1 Å². The smallest absolute Gasteiger partial charge is 0.340 e. The van der Waals surface area contributed by atoms with Crippen molar-refractivity contribution in [3.63, 3.8) is 0 Å². The maximum atomic E-state index is 13.2. The highest BCUT2D eigenvalue weighted by Gasteiger charge is 2.22. The van der Waals surface area contributed by atoms with Gasteiger partial charge in [0.05, 0.1) is 15.6 Å². The summed E-state index contributed by atoms with van der Waals surface area (Å²) in [4.78, 5) is 33.5. The fourth-order valence-corrected chi connectivity index (χ4v) is 1.64. The van der Waals surface area contributed by atoms with Crippen LogP contribution in [-0.2, 0) is 9.53 Å². The molecule has 3 N–H and O–H groups in total. The van der Waals surface area contributed by atoms with Gasteiger partial charge in [0.2, 0.25) is 0 Å². The topological polar surface area (TPSA) is 98.5 Å². The van der Waals surface area contributed by atoms with Crippen molar-refractivity contribution in [2.45, 2.75) is 13.0 Å². The number of ether oxygens (including phenoxy) is 1. The van der Waals surface area contributed by atoms with Crippen molar-refractivity contribution in [1.29, 1.82) is 0 Å². The molecular weight excluding hydrogens is 314 g/mol. The number of benzene rings is 1. The van der Waals surface area contributed by atoms with Crippen LogP contribution in [0.5, 0.6) is 0 Å². The summed E-state index contributed by atoms with van der Waals surface area (Å²) in [6.45, 7) is 1.20. The van der Waals surface area contributed by atoms with Crippen LogP contribution < -0.4 is 11.1 Å². The molecule has 0 saturated carbocycles. The van der Waals surface area contributed by atoms with Crippen LogP contribution in [0.4, 0.5) is 9.18 Å². The summed E-state index contributed by atoms with van der Waals surface area (Å²) >= 11 is 11.2. The van der Waals surface area contributed by atoms with Crippen LogP contribution in [0.15, 0.2) is 12.1 Å². The number of esters is 1. The van der Waals surface area contributed by atoms with Gasteiger partial charge in [0, 0.05) is 0 Å². The second-order valence-electron chi connectivity index (χ2n) is 3.65. The van der Waals surface area contributed by atoms with E-state index in [-0.39, 0.29) is 15.6 Å². The quantitative estimate of drug-likeness (QED) is 0.655. The molecule has 0 aliphatic rings. The monoisotopic (exact) mass is 322 g/mol. The number of rotatable bonds is 3. The third kappa shape index (κ3) is 4.07. The van der Waals surface area contributed by atoms with Crippen LogP contribution in [0.3, 0.4) is 0 Å². The zero-order chi connectivity index (χ0) is 15.4. The number of amides is 3. The fourth-order valence-electron chi connectivity index (χ4n) is 1.18. The SMILES string of the molecule is C[C@@H](OC(=O)c1cc(F)c(Cl)cc1Cl)C(=O)NC(N)=O. The Bertz CT molecular complexity index is 580. The second-order valence-corrected chi connectivity index (χ2v) is 4.46. The lowest BCUT2D eigenvalue weighted by atomic mass is 10.2. The molecule has 1 aromatic carbocycles. The summed E-state index contributed by atoms with van der Waals surface area (Å²) in [5, 5.41) is 1.34. The van der Waals surface area contributed by atoms with Crippen molar-refractivity contribution in [3.8, 4) is 0 Å². The number of nitrogens with one attached hydrogen (secondary N) is 1. The second kappa shape index (κ2) is 6.53. The van der Waals surface area contributed by atoms with Gasteiger partial charge in [-0.05, 0) is 19.1 Å². The zero-order valence-electron chi connectivity index (χ0n) is 10.1. The molecule has 1 atom stereocenters. The van der Waals surface area contributed by atoms with E-state index in [1.807, 2.05) is 0 Å². The van der Waals surface area contributed by atoms with E-state index < -0.39 is 29.8 Å². The average Bonchev–Trinajstić information content (AvgIpc) is 2.32. The van der Waals surface area contributed by atoms with Gasteiger partial charge in [0.1, 0.15) is 5.82 Å². The van der Waals surface area contributed by atoms with E-state index in [1.54, 1.807) is 5.32 Å². The Hall–Kier alpha value is -1.86. The van der Waals surface area contributed by atoms with Crippen LogP contribution in [0.1, 0.15) is 17.3 Å². The summed E-state index contributed by atoms with van der Waals surface area (Å²) in [5.74, 6) is -2.83. The summed E-state index contributed by atoms with van der Waals surface area (Å²) < 4.78 is 18.0. The third-order valence-corrected chi connectivity index (χ3v) is 2.73. The van der Waals surface area contributed by atoms with Crippen molar-refractivity contribution in [1.82, 2.24) is 5.32 Å². The van der Waals surface area contributed by atoms with Gasteiger partial charge in [-0.1, -0.05) is 23.2 Å². The molecule has 0 heterocycles. The number of nitrogens with two attached hydrogens (primary N) is 1. The lowest BCUT2D eigenvalue weighted by Crippen LogP contribution is -2.42. The molecule has 0 saturated heterocycles. The molecule has 1 aromatic rings. The van der Waals surface area contributed by atoms with Crippen molar-refractivity contribution in [3.05, 3.63) is 33.6 Å². The molecule has 9 heteroatoms. The summed E-state index contributed by atoms with van der Waals surface area (Å²) in [7, 11) is 0. The van der Waals surface area contributed by atoms with E-state index in [9.17, 15) is 18.8 Å². The average molecular weight is 323 g/mol. The van der Waals surface area contributed by atoms with Crippen molar-refractivity contribution in [2.75, 3.05) is 0 Å². The number of hydrogen-bond acceptors (Lipinski definition) is 4. The molecule has 0 unspecified atom stereocenters. The highest BCUT2D eigenvalue weighted by Crippen LogP contribution is 2.25. The van der Waals surface area contributed by atoms with Gasteiger partial charge in [-0.25, -0.2) is 14.0 Å². The number of imide groups is 1. The first-order chi connectivity index (χ1) is 9.22. The molecule has 0 aromatic heterocycles. The molecule has 20 heavy (non-hydrogen) atoms. The Kier molecular flexibility index (Phi) is 5.29. The Morgan fingerprint density at radius 1 is 1.30 bits per heavy atom. The molecule has 108 valence electrons. The zero-order valence-corrected chi connectivity index (χ0v) is 11.6. The predicted molar refractivity (Wildman–Crippen MR) is 69.0 cm³/mol. The van der Waals surface area contributed by atoms with Gasteiger partial charge < -0.3 is 10.5 Å². The number of carbonyl (C=O) groups is 3. The van der Waals surface area contributed by atoms with Crippen molar-refractivity contribution in [2.24, 2.45) is 5.73 Å². The number of hydrogen-bond donors (Lipinski definition) is 2. The molecule has 0 spiro atoms. The maximum absolute atomic E-state index is 13.2. The first-order valence-corrected chi connectivity index (χ1v) is 5.93. The van der Waals surface area contributed by atoms with Gasteiger partial charge >= 0.3 is 12.0 Å². The molecule has 0 aliphatic carbocycles. The van der Waals surface area contributed by atoms with Gasteiger partial charge in [-0.15, -0.1) is 0 Å². The summed E-state index contributed by atoms with van der Waals surface area (Å²) in [6.07, 6.45) is -1.31. The number of urea groups is 1. The highest BCUT2D eigenvalue weighted by molar-refractivity contribution is 6.36. The van der Waals surface area contributed by atoms with Gasteiger partial charge in [-0.3, -0.25) is 10.1 Å². The Morgan fingerprint density at radius 3 is 2.45 bits per heavy atom. The minimum Gasteiger partial charge on any atom is -0.449 e. The molecule has 0 radical (unpaired) electrons. The highest BCUT2D eigenvalue weighted by atomic mass is 35.5. The van der Waals surface area contributed by atoms with Crippen molar-refractivity contribution < 1.29 is 23.5 Å². The number of carbonyl (C=O) groups excluding carboxylic acids is 3. The number of primary amides is 1. The van der Waals surface area contributed by atoms with Crippen LogP contribution in [0.2, 0.25) is 10.0 Å². The Balaban J connectivity index is 2.84. The van der Waals surface area contributed by atoms with E-state index in [4.69, 9.17) is 33.7 Å². The minimum absolute atomic E-state index is 0.135. The number of halogens is 3. The molecule has 6 nitrogen and oxygen atoms in total. The van der Waals surface area contributed by atoms with Crippen LogP contribution in [0.25, 0.3) is 0 Å². The van der Waals surface area contributed by atoms with Gasteiger partial charge in [-0.2, -0.15) is 0 Å².